The molecule has 0 heterocycles. The molecule has 9 heteroatoms. The van der Waals surface area contributed by atoms with Gasteiger partial charge in [0.25, 0.3) is 0 Å². The molecule has 0 unspecified atom stereocenters. The lowest BCUT2D eigenvalue weighted by Crippen LogP contribution is -2.37. The molecule has 0 aliphatic carbocycles. The highest BCUT2D eigenvalue weighted by Crippen LogP contribution is 2.18. The first-order valence-corrected chi connectivity index (χ1v) is 10.9. The third kappa shape index (κ3) is 8.17. The van der Waals surface area contributed by atoms with Crippen molar-refractivity contribution >= 4 is 39.8 Å². The van der Waals surface area contributed by atoms with E-state index in [4.69, 9.17) is 4.74 Å². The molecule has 0 amide bonds. The van der Waals surface area contributed by atoms with Crippen molar-refractivity contribution in [3.05, 3.63) is 59.4 Å². The second-order valence-corrected chi connectivity index (χ2v) is 8.23. The van der Waals surface area contributed by atoms with E-state index in [2.05, 4.69) is 15.6 Å². The Morgan fingerprint density at radius 3 is 2.31 bits per heavy atom. The number of ether oxygens (including phenoxy) is 1. The second-order valence-electron chi connectivity index (χ2n) is 6.22. The summed E-state index contributed by atoms with van der Waals surface area (Å²) in [5, 5.41) is 6.31. The third-order valence-electron chi connectivity index (χ3n) is 4.04. The zero-order valence-corrected chi connectivity index (χ0v) is 19.9. The number of hydrogen-bond donors (Lipinski definition) is 2. The Hall–Kier alpha value is -1.88. The first-order valence-electron chi connectivity index (χ1n) is 8.98. The maximum Gasteiger partial charge on any atom is 0.191 e. The average Bonchev–Trinajstić information content (AvgIpc) is 2.66. The molecule has 0 aliphatic rings. The first-order chi connectivity index (χ1) is 13.3. The summed E-state index contributed by atoms with van der Waals surface area (Å²) in [6, 6.07) is 11.7. The van der Waals surface area contributed by atoms with Crippen LogP contribution < -0.4 is 15.4 Å². The number of halogens is 2. The summed E-state index contributed by atoms with van der Waals surface area (Å²) in [7, 11) is -1.52. The molecule has 0 saturated carbocycles. The van der Waals surface area contributed by atoms with E-state index < -0.39 is 9.84 Å². The van der Waals surface area contributed by atoms with Gasteiger partial charge in [0.2, 0.25) is 0 Å². The van der Waals surface area contributed by atoms with E-state index in [-0.39, 0.29) is 35.5 Å². The average molecular weight is 535 g/mol. The van der Waals surface area contributed by atoms with Crippen molar-refractivity contribution in [1.82, 2.24) is 10.6 Å². The lowest BCUT2D eigenvalue weighted by atomic mass is 10.1. The van der Waals surface area contributed by atoms with Gasteiger partial charge in [-0.2, -0.15) is 0 Å². The van der Waals surface area contributed by atoms with Gasteiger partial charge >= 0.3 is 0 Å². The molecular formula is C20H27FIN3O3S. The predicted molar refractivity (Wildman–Crippen MR) is 124 cm³/mol. The van der Waals surface area contributed by atoms with E-state index in [0.717, 1.165) is 11.1 Å². The summed E-state index contributed by atoms with van der Waals surface area (Å²) in [6.07, 6.45) is 1.90. The summed E-state index contributed by atoms with van der Waals surface area (Å²) < 4.78 is 42.1. The maximum atomic E-state index is 13.9. The number of aliphatic imine (C=N–C) groups is 1. The number of nitrogens with one attached hydrogen (secondary N) is 2. The van der Waals surface area contributed by atoms with Gasteiger partial charge in [0, 0.05) is 26.4 Å². The highest BCUT2D eigenvalue weighted by molar-refractivity contribution is 14.0. The molecule has 0 saturated heterocycles. The highest BCUT2D eigenvalue weighted by Gasteiger charge is 2.07. The molecule has 29 heavy (non-hydrogen) atoms. The van der Waals surface area contributed by atoms with Crippen molar-refractivity contribution < 1.29 is 17.5 Å². The van der Waals surface area contributed by atoms with E-state index in [0.29, 0.717) is 37.0 Å². The lowest BCUT2D eigenvalue weighted by Gasteiger charge is -2.13. The summed E-state index contributed by atoms with van der Waals surface area (Å²) in [5.74, 6) is 0.458. The Morgan fingerprint density at radius 2 is 1.76 bits per heavy atom. The van der Waals surface area contributed by atoms with Crippen molar-refractivity contribution in [1.29, 1.82) is 0 Å². The fourth-order valence-corrected chi connectivity index (χ4v) is 3.19. The molecule has 0 bridgehead atoms. The van der Waals surface area contributed by atoms with E-state index in [9.17, 15) is 12.8 Å². The summed E-state index contributed by atoms with van der Waals surface area (Å²) in [6.45, 7) is 3.27. The van der Waals surface area contributed by atoms with Crippen molar-refractivity contribution in [3.63, 3.8) is 0 Å². The van der Waals surface area contributed by atoms with Crippen LogP contribution in [0.25, 0.3) is 0 Å². The van der Waals surface area contributed by atoms with Crippen LogP contribution in [0.4, 0.5) is 4.39 Å². The summed E-state index contributed by atoms with van der Waals surface area (Å²) >= 11 is 0. The van der Waals surface area contributed by atoms with Gasteiger partial charge in [0.15, 0.2) is 27.4 Å². The van der Waals surface area contributed by atoms with Gasteiger partial charge in [-0.15, -0.1) is 24.0 Å². The van der Waals surface area contributed by atoms with Gasteiger partial charge < -0.3 is 15.4 Å². The fourth-order valence-electron chi connectivity index (χ4n) is 2.56. The van der Waals surface area contributed by atoms with Crippen LogP contribution in [0.1, 0.15) is 18.1 Å². The molecule has 2 aromatic carbocycles. The Morgan fingerprint density at radius 1 is 1.10 bits per heavy atom. The van der Waals surface area contributed by atoms with Crippen molar-refractivity contribution in [2.75, 3.05) is 26.5 Å². The normalized spacial score (nSPS) is 11.5. The zero-order valence-electron chi connectivity index (χ0n) is 16.7. The van der Waals surface area contributed by atoms with Crippen LogP contribution in [0.2, 0.25) is 0 Å². The van der Waals surface area contributed by atoms with Crippen LogP contribution in [0.15, 0.2) is 52.4 Å². The molecule has 160 valence electrons. The van der Waals surface area contributed by atoms with Crippen LogP contribution >= 0.6 is 24.0 Å². The van der Waals surface area contributed by atoms with Gasteiger partial charge in [-0.3, -0.25) is 4.99 Å². The maximum absolute atomic E-state index is 13.9. The minimum Gasteiger partial charge on any atom is -0.491 e. The quantitative estimate of drug-likeness (QED) is 0.309. The van der Waals surface area contributed by atoms with Gasteiger partial charge in [-0.1, -0.05) is 18.2 Å². The van der Waals surface area contributed by atoms with Crippen LogP contribution in [0, 0.1) is 5.82 Å². The molecule has 2 rings (SSSR count). The van der Waals surface area contributed by atoms with E-state index in [1.807, 2.05) is 6.92 Å². The van der Waals surface area contributed by atoms with Crippen LogP contribution in [-0.4, -0.2) is 40.8 Å². The van der Waals surface area contributed by atoms with E-state index in [1.54, 1.807) is 43.4 Å². The number of sulfone groups is 1. The molecule has 0 aromatic heterocycles. The zero-order chi connectivity index (χ0) is 20.6. The molecule has 0 aliphatic heterocycles. The van der Waals surface area contributed by atoms with Crippen LogP contribution in [0.5, 0.6) is 5.75 Å². The molecule has 2 N–H and O–H groups in total. The van der Waals surface area contributed by atoms with Gasteiger partial charge in [-0.25, -0.2) is 12.8 Å². The largest absolute Gasteiger partial charge is 0.491 e. The Bertz CT molecular complexity index is 919. The van der Waals surface area contributed by atoms with Crippen molar-refractivity contribution in [2.24, 2.45) is 4.99 Å². The van der Waals surface area contributed by atoms with Crippen LogP contribution in [-0.2, 0) is 22.8 Å². The predicted octanol–water partition coefficient (Wildman–Crippen LogP) is 3.15. The van der Waals surface area contributed by atoms with Crippen molar-refractivity contribution in [2.45, 2.75) is 24.8 Å². The molecule has 0 atom stereocenters. The molecular weight excluding hydrogens is 508 g/mol. The second kappa shape index (κ2) is 12.0. The molecule has 0 radical (unpaired) electrons. The fraction of sp³-hybridized carbons (Fsp3) is 0.350. The lowest BCUT2D eigenvalue weighted by molar-refractivity contribution is 0.321. The summed E-state index contributed by atoms with van der Waals surface area (Å²) in [5.41, 5.74) is 1.80. The number of benzene rings is 2. The first kappa shape index (κ1) is 25.2. The Balaban J connectivity index is 0.00000420. The Labute approximate surface area is 188 Å². The number of hydrogen-bond acceptors (Lipinski definition) is 4. The van der Waals surface area contributed by atoms with Crippen molar-refractivity contribution in [3.8, 4) is 5.75 Å². The van der Waals surface area contributed by atoms with Crippen LogP contribution in [0.3, 0.4) is 0 Å². The van der Waals surface area contributed by atoms with E-state index >= 15 is 0 Å². The number of nitrogens with zero attached hydrogens (tertiary/aromatic N) is 1. The third-order valence-corrected chi connectivity index (χ3v) is 5.17. The minimum absolute atomic E-state index is 0. The molecule has 6 nitrogen and oxygen atoms in total. The molecule has 0 spiro atoms. The Kier molecular flexibility index (Phi) is 10.4. The smallest absolute Gasteiger partial charge is 0.191 e. The number of guanidine groups is 1. The van der Waals surface area contributed by atoms with Gasteiger partial charge in [0.05, 0.1) is 11.5 Å². The number of rotatable bonds is 8. The standard InChI is InChI=1S/C20H26FN3O3S.HI/c1-4-27-19-10-7-16(13-18(19)21)14-24-20(22-2)23-12-11-15-5-8-17(9-6-15)28(3,25)26;/h5-10,13H,4,11-12,14H2,1-3H3,(H2,22,23,24);1H. The minimum atomic E-state index is -3.18. The van der Waals surface area contributed by atoms with Gasteiger partial charge in [-0.05, 0) is 48.7 Å². The summed E-state index contributed by atoms with van der Waals surface area (Å²) in [4.78, 5) is 4.46. The monoisotopic (exact) mass is 535 g/mol. The SMILES string of the molecule is CCOc1ccc(CNC(=NC)NCCc2ccc(S(C)(=O)=O)cc2)cc1F.I. The topological polar surface area (TPSA) is 79.8 Å². The molecule has 0 fully saturated rings. The van der Waals surface area contributed by atoms with Gasteiger partial charge in [0.1, 0.15) is 0 Å². The van der Waals surface area contributed by atoms with E-state index in [1.165, 1.54) is 12.3 Å². The highest BCUT2D eigenvalue weighted by atomic mass is 127. The molecule has 2 aromatic rings.